The van der Waals surface area contributed by atoms with Gasteiger partial charge in [-0.25, -0.2) is 9.37 Å². The Kier molecular flexibility index (Phi) is 6.60. The molecule has 2 aromatic carbocycles. The zero-order chi connectivity index (χ0) is 30.7. The van der Waals surface area contributed by atoms with Gasteiger partial charge < -0.3 is 20.9 Å². The van der Waals surface area contributed by atoms with E-state index in [0.717, 1.165) is 36.7 Å². The molecule has 4 aromatic rings. The Morgan fingerprint density at radius 1 is 1.09 bits per heavy atom. The summed E-state index contributed by atoms with van der Waals surface area (Å²) in [5.41, 5.74) is 0.775. The fourth-order valence-corrected chi connectivity index (χ4v) is 5.03. The Labute approximate surface area is 242 Å². The van der Waals surface area contributed by atoms with Crippen molar-refractivity contribution in [1.29, 1.82) is 0 Å². The number of alkyl halides is 3. The molecule has 6 rings (SSSR count). The molecule has 1 saturated carbocycles. The molecule has 0 unspecified atom stereocenters. The molecule has 1 aliphatic carbocycles. The number of rotatable bonds is 7. The number of nitrogens with one attached hydrogen (secondary N) is 1. The molecule has 222 valence electrons. The van der Waals surface area contributed by atoms with Crippen LogP contribution in [0.15, 0.2) is 54.6 Å². The van der Waals surface area contributed by atoms with E-state index in [1.165, 1.54) is 37.3 Å². The first-order valence-electron chi connectivity index (χ1n) is 13.4. The SMILES string of the molecule is C[C@]1(C(N)=O)COc2c1cc([C@@](O)(CNC(=O)c1ccc3nnc(C4CC4)cc3c1)C(F)(F)F)nc2-c1ccc(F)cc1. The predicted molar refractivity (Wildman–Crippen MR) is 145 cm³/mol. The number of ether oxygens (including phenoxy) is 1. The maximum atomic E-state index is 14.6. The minimum absolute atomic E-state index is 0.0185. The first-order chi connectivity index (χ1) is 20.3. The third-order valence-corrected chi connectivity index (χ3v) is 7.99. The number of aromatic nitrogens is 3. The van der Waals surface area contributed by atoms with Crippen molar-refractivity contribution >= 4 is 22.7 Å². The first kappa shape index (κ1) is 28.5. The van der Waals surface area contributed by atoms with Crippen LogP contribution in [-0.2, 0) is 15.8 Å². The van der Waals surface area contributed by atoms with Gasteiger partial charge in [-0.3, -0.25) is 9.59 Å². The Bertz CT molecular complexity index is 1780. The molecule has 0 bridgehead atoms. The van der Waals surface area contributed by atoms with Crippen LogP contribution in [0.3, 0.4) is 0 Å². The highest BCUT2D eigenvalue weighted by Gasteiger charge is 2.57. The fraction of sp³-hybridized carbons (Fsp3) is 0.300. The van der Waals surface area contributed by atoms with Crippen LogP contribution in [0.2, 0.25) is 0 Å². The van der Waals surface area contributed by atoms with Crippen LogP contribution < -0.4 is 15.8 Å². The van der Waals surface area contributed by atoms with E-state index in [1.807, 2.05) is 0 Å². The van der Waals surface area contributed by atoms with Gasteiger partial charge in [0.05, 0.1) is 23.4 Å². The standard InChI is InChI=1S/C30H25F4N5O4/c1-28(27(35)41)14-43-25-20(28)12-23(37-24(25)16-4-7-19(31)8-5-16)29(42,30(32,33)34)13-36-26(40)17-6-9-21-18(10-17)11-22(39-38-21)15-2-3-15/h4-12,15,42H,2-3,13-14H2,1H3,(H2,35,41)(H,36,40)/t28-,29-/m0/s1. The van der Waals surface area contributed by atoms with E-state index in [2.05, 4.69) is 20.5 Å². The topological polar surface area (TPSA) is 140 Å². The number of aliphatic hydroxyl groups is 1. The van der Waals surface area contributed by atoms with Gasteiger partial charge in [-0.05, 0) is 74.4 Å². The highest BCUT2D eigenvalue weighted by atomic mass is 19.4. The van der Waals surface area contributed by atoms with Crippen molar-refractivity contribution in [1.82, 2.24) is 20.5 Å². The van der Waals surface area contributed by atoms with Crippen LogP contribution in [0, 0.1) is 5.82 Å². The summed E-state index contributed by atoms with van der Waals surface area (Å²) in [5.74, 6) is -2.06. The van der Waals surface area contributed by atoms with Gasteiger partial charge in [-0.15, -0.1) is 0 Å². The molecule has 2 atom stereocenters. The molecular weight excluding hydrogens is 570 g/mol. The lowest BCUT2D eigenvalue weighted by Gasteiger charge is -2.31. The smallest absolute Gasteiger partial charge is 0.424 e. The van der Waals surface area contributed by atoms with Crippen LogP contribution in [0.1, 0.15) is 53.0 Å². The first-order valence-corrected chi connectivity index (χ1v) is 13.4. The Morgan fingerprint density at radius 2 is 1.81 bits per heavy atom. The molecule has 1 aliphatic heterocycles. The van der Waals surface area contributed by atoms with Gasteiger partial charge in [0, 0.05) is 28.0 Å². The van der Waals surface area contributed by atoms with Gasteiger partial charge >= 0.3 is 6.18 Å². The second-order valence-corrected chi connectivity index (χ2v) is 11.1. The van der Waals surface area contributed by atoms with E-state index in [4.69, 9.17) is 10.5 Å². The zero-order valence-electron chi connectivity index (χ0n) is 22.7. The van der Waals surface area contributed by atoms with Crippen LogP contribution in [-0.4, -0.2) is 51.4 Å². The molecule has 3 heterocycles. The number of nitrogens with zero attached hydrogens (tertiary/aromatic N) is 3. The average molecular weight is 596 g/mol. The van der Waals surface area contributed by atoms with Gasteiger partial charge in [0.2, 0.25) is 11.5 Å². The summed E-state index contributed by atoms with van der Waals surface area (Å²) in [6, 6.07) is 11.8. The minimum Gasteiger partial charge on any atom is -0.489 e. The highest BCUT2D eigenvalue weighted by Crippen LogP contribution is 2.47. The lowest BCUT2D eigenvalue weighted by molar-refractivity contribution is -0.265. The van der Waals surface area contributed by atoms with Crippen molar-refractivity contribution in [3.8, 4) is 17.0 Å². The highest BCUT2D eigenvalue weighted by molar-refractivity contribution is 5.98. The molecule has 13 heteroatoms. The van der Waals surface area contributed by atoms with E-state index in [-0.39, 0.29) is 34.7 Å². The third kappa shape index (κ3) is 4.92. The van der Waals surface area contributed by atoms with E-state index in [9.17, 15) is 32.3 Å². The summed E-state index contributed by atoms with van der Waals surface area (Å²) >= 11 is 0. The number of pyridine rings is 1. The van der Waals surface area contributed by atoms with Gasteiger partial charge in [0.25, 0.3) is 5.91 Å². The third-order valence-electron chi connectivity index (χ3n) is 7.99. The van der Waals surface area contributed by atoms with Gasteiger partial charge in [-0.2, -0.15) is 23.4 Å². The summed E-state index contributed by atoms with van der Waals surface area (Å²) in [7, 11) is 0. The molecule has 2 aliphatic rings. The van der Waals surface area contributed by atoms with E-state index >= 15 is 0 Å². The number of carbonyl (C=O) groups is 2. The van der Waals surface area contributed by atoms with Crippen molar-refractivity contribution in [3.05, 3.63) is 82.9 Å². The molecule has 9 nitrogen and oxygen atoms in total. The molecule has 2 aromatic heterocycles. The molecule has 2 amide bonds. The number of carbonyl (C=O) groups excluding carboxylic acids is 2. The molecule has 4 N–H and O–H groups in total. The number of primary amides is 1. The van der Waals surface area contributed by atoms with E-state index in [1.54, 1.807) is 6.07 Å². The Balaban J connectivity index is 1.38. The Morgan fingerprint density at radius 3 is 2.47 bits per heavy atom. The number of benzene rings is 2. The van der Waals surface area contributed by atoms with Crippen LogP contribution in [0.25, 0.3) is 22.2 Å². The molecule has 43 heavy (non-hydrogen) atoms. The maximum Gasteiger partial charge on any atom is 0.424 e. The summed E-state index contributed by atoms with van der Waals surface area (Å²) in [5, 5.41) is 22.3. The number of amides is 2. The summed E-state index contributed by atoms with van der Waals surface area (Å²) in [6.07, 6.45) is -3.36. The molecule has 0 saturated heterocycles. The van der Waals surface area contributed by atoms with Crippen molar-refractivity contribution in [2.24, 2.45) is 5.73 Å². The largest absolute Gasteiger partial charge is 0.489 e. The normalized spacial score (nSPS) is 19.4. The molecule has 0 spiro atoms. The second-order valence-electron chi connectivity index (χ2n) is 11.1. The monoisotopic (exact) mass is 595 g/mol. The predicted octanol–water partition coefficient (Wildman–Crippen LogP) is 4.02. The van der Waals surface area contributed by atoms with E-state index < -0.39 is 47.1 Å². The summed E-state index contributed by atoms with van der Waals surface area (Å²) < 4.78 is 63.2. The number of nitrogens with two attached hydrogens (primary N) is 1. The summed E-state index contributed by atoms with van der Waals surface area (Å²) in [6.45, 7) is -0.197. The fourth-order valence-electron chi connectivity index (χ4n) is 5.03. The quantitative estimate of drug-likeness (QED) is 0.274. The van der Waals surface area contributed by atoms with Crippen LogP contribution >= 0.6 is 0 Å². The minimum atomic E-state index is -5.33. The Hall–Kier alpha value is -4.65. The second kappa shape index (κ2) is 9.97. The van der Waals surface area contributed by atoms with Gasteiger partial charge in [0.1, 0.15) is 29.3 Å². The van der Waals surface area contributed by atoms with Crippen molar-refractivity contribution in [2.75, 3.05) is 13.2 Å². The van der Waals surface area contributed by atoms with Crippen LogP contribution in [0.4, 0.5) is 17.6 Å². The van der Waals surface area contributed by atoms with Crippen molar-refractivity contribution in [3.63, 3.8) is 0 Å². The lowest BCUT2D eigenvalue weighted by atomic mass is 9.81. The number of hydrogen-bond donors (Lipinski definition) is 3. The number of fused-ring (bicyclic) bond motifs is 2. The number of hydrogen-bond acceptors (Lipinski definition) is 7. The van der Waals surface area contributed by atoms with Crippen LogP contribution in [0.5, 0.6) is 5.75 Å². The van der Waals surface area contributed by atoms with Gasteiger partial charge in [0.15, 0.2) is 0 Å². The van der Waals surface area contributed by atoms with E-state index in [0.29, 0.717) is 16.8 Å². The lowest BCUT2D eigenvalue weighted by Crippen LogP contribution is -2.51. The number of halogens is 4. The average Bonchev–Trinajstić information content (AvgIpc) is 3.77. The van der Waals surface area contributed by atoms with Crippen molar-refractivity contribution in [2.45, 2.75) is 42.9 Å². The molecule has 1 fully saturated rings. The maximum absolute atomic E-state index is 14.6. The summed E-state index contributed by atoms with van der Waals surface area (Å²) in [4.78, 5) is 29.5. The van der Waals surface area contributed by atoms with Crippen molar-refractivity contribution < 1.29 is 37.0 Å². The zero-order valence-corrected chi connectivity index (χ0v) is 22.7. The van der Waals surface area contributed by atoms with Gasteiger partial charge in [-0.1, -0.05) is 0 Å². The molecular formula is C30H25F4N5O4. The molecule has 0 radical (unpaired) electrons.